The van der Waals surface area contributed by atoms with Crippen molar-refractivity contribution in [2.45, 2.75) is 82.9 Å². The Balaban J connectivity index is 1.83. The van der Waals surface area contributed by atoms with Gasteiger partial charge in [-0.25, -0.2) is 0 Å². The molecule has 0 aliphatic carbocycles. The molecule has 0 amide bonds. The van der Waals surface area contributed by atoms with Crippen molar-refractivity contribution < 1.29 is 9.94 Å². The monoisotopic (exact) mass is 364 g/mol. The van der Waals surface area contributed by atoms with Crippen LogP contribution in [-0.2, 0) is 17.5 Å². The number of benzene rings is 1. The van der Waals surface area contributed by atoms with Gasteiger partial charge in [-0.05, 0) is 77.3 Å². The molecule has 0 spiro atoms. The summed E-state index contributed by atoms with van der Waals surface area (Å²) in [4.78, 5) is 0. The Morgan fingerprint density at radius 1 is 1.24 bits per heavy atom. The predicted octanol–water partition coefficient (Wildman–Crippen LogP) is 3.85. The van der Waals surface area contributed by atoms with Crippen molar-refractivity contribution >= 4 is 12.6 Å². The summed E-state index contributed by atoms with van der Waals surface area (Å²) in [5, 5.41) is 15.7. The van der Waals surface area contributed by atoms with Crippen molar-refractivity contribution in [3.63, 3.8) is 0 Å². The lowest BCUT2D eigenvalue weighted by Crippen LogP contribution is -2.43. The standard InChI is InChI=1S/C20H32N2O2S/c1-18(2,3)21-11-17(25)16-9-12-8-13-14(10-15(12)24-16)20(6,7)22(23)19(13,4)5/h8,10,16-17,21,23,25H,9,11H2,1-7H3. The first-order valence-corrected chi connectivity index (χ1v) is 9.62. The van der Waals surface area contributed by atoms with Gasteiger partial charge >= 0.3 is 0 Å². The second-order valence-electron chi connectivity index (χ2n) is 9.49. The lowest BCUT2D eigenvalue weighted by Gasteiger charge is -2.34. The van der Waals surface area contributed by atoms with Crippen LogP contribution in [0.4, 0.5) is 0 Å². The Hall–Kier alpha value is -0.750. The van der Waals surface area contributed by atoms with Crippen LogP contribution in [0.2, 0.25) is 0 Å². The number of thiol groups is 1. The zero-order valence-electron chi connectivity index (χ0n) is 16.5. The zero-order chi connectivity index (χ0) is 18.8. The maximum Gasteiger partial charge on any atom is 0.123 e. The lowest BCUT2D eigenvalue weighted by molar-refractivity contribution is -0.216. The lowest BCUT2D eigenvalue weighted by atomic mass is 9.88. The van der Waals surface area contributed by atoms with E-state index < -0.39 is 11.1 Å². The Kier molecular flexibility index (Phi) is 4.47. The number of ether oxygens (including phenoxy) is 1. The SMILES string of the molecule is CC(C)(C)NCC(S)C1Cc2cc3c(cc2O1)C(C)(C)N(O)C3(C)C. The molecular formula is C20H32N2O2S. The average molecular weight is 365 g/mol. The van der Waals surface area contributed by atoms with E-state index in [1.165, 1.54) is 16.2 Å². The highest BCUT2D eigenvalue weighted by molar-refractivity contribution is 7.81. The first-order valence-electron chi connectivity index (χ1n) is 9.11. The second kappa shape index (κ2) is 5.88. The molecule has 2 aliphatic heterocycles. The van der Waals surface area contributed by atoms with Gasteiger partial charge in [0.25, 0.3) is 0 Å². The molecule has 1 aromatic rings. The number of rotatable bonds is 3. The van der Waals surface area contributed by atoms with Crippen molar-refractivity contribution in [1.82, 2.24) is 10.4 Å². The van der Waals surface area contributed by atoms with E-state index in [1.807, 2.05) is 13.8 Å². The summed E-state index contributed by atoms with van der Waals surface area (Å²) in [6.07, 6.45) is 0.942. The number of nitrogens with zero attached hydrogens (tertiary/aromatic N) is 1. The Labute approximate surface area is 157 Å². The van der Waals surface area contributed by atoms with Crippen LogP contribution in [0.3, 0.4) is 0 Å². The van der Waals surface area contributed by atoms with Gasteiger partial charge in [0, 0.05) is 18.5 Å². The largest absolute Gasteiger partial charge is 0.489 e. The molecular weight excluding hydrogens is 332 g/mol. The van der Waals surface area contributed by atoms with E-state index in [9.17, 15) is 5.21 Å². The predicted molar refractivity (Wildman–Crippen MR) is 105 cm³/mol. The molecule has 0 aromatic heterocycles. The van der Waals surface area contributed by atoms with Crippen LogP contribution in [-0.4, -0.2) is 33.7 Å². The highest BCUT2D eigenvalue weighted by atomic mass is 32.1. The van der Waals surface area contributed by atoms with Crippen molar-refractivity contribution in [3.05, 3.63) is 28.8 Å². The maximum absolute atomic E-state index is 10.6. The Morgan fingerprint density at radius 3 is 2.36 bits per heavy atom. The van der Waals surface area contributed by atoms with E-state index >= 15 is 0 Å². The fourth-order valence-corrected chi connectivity index (χ4v) is 4.27. The summed E-state index contributed by atoms with van der Waals surface area (Å²) in [7, 11) is 0. The normalized spacial score (nSPS) is 25.4. The molecule has 2 unspecified atom stereocenters. The molecule has 5 heteroatoms. The van der Waals surface area contributed by atoms with E-state index in [-0.39, 0.29) is 16.9 Å². The third-order valence-electron chi connectivity index (χ3n) is 5.55. The van der Waals surface area contributed by atoms with E-state index in [0.717, 1.165) is 24.3 Å². The maximum atomic E-state index is 10.6. The summed E-state index contributed by atoms with van der Waals surface area (Å²) < 4.78 is 6.24. The Morgan fingerprint density at radius 2 is 1.80 bits per heavy atom. The molecule has 25 heavy (non-hydrogen) atoms. The van der Waals surface area contributed by atoms with Crippen molar-refractivity contribution in [1.29, 1.82) is 0 Å². The third kappa shape index (κ3) is 3.20. The second-order valence-corrected chi connectivity index (χ2v) is 10.2. The van der Waals surface area contributed by atoms with Gasteiger partial charge in [-0.2, -0.15) is 17.7 Å². The van der Waals surface area contributed by atoms with Crippen LogP contribution in [0.15, 0.2) is 12.1 Å². The fourth-order valence-electron chi connectivity index (χ4n) is 4.01. The molecule has 3 rings (SSSR count). The molecule has 2 heterocycles. The molecule has 2 aliphatic rings. The minimum atomic E-state index is -0.427. The van der Waals surface area contributed by atoms with Crippen LogP contribution in [0.25, 0.3) is 0 Å². The van der Waals surface area contributed by atoms with Gasteiger partial charge in [0.1, 0.15) is 11.9 Å². The van der Waals surface area contributed by atoms with Gasteiger partial charge in [-0.1, -0.05) is 0 Å². The summed E-state index contributed by atoms with van der Waals surface area (Å²) in [6.45, 7) is 15.5. The molecule has 0 bridgehead atoms. The van der Waals surface area contributed by atoms with Crippen molar-refractivity contribution in [2.24, 2.45) is 0 Å². The van der Waals surface area contributed by atoms with Gasteiger partial charge in [-0.15, -0.1) is 0 Å². The molecule has 0 saturated heterocycles. The van der Waals surface area contributed by atoms with Gasteiger partial charge in [-0.3, -0.25) is 0 Å². The Bertz CT molecular complexity index is 634. The number of hydrogen-bond acceptors (Lipinski definition) is 5. The number of nitrogens with one attached hydrogen (secondary N) is 1. The van der Waals surface area contributed by atoms with Gasteiger partial charge in [0.05, 0.1) is 16.3 Å². The topological polar surface area (TPSA) is 44.7 Å². The van der Waals surface area contributed by atoms with E-state index in [4.69, 9.17) is 17.4 Å². The zero-order valence-corrected chi connectivity index (χ0v) is 17.4. The van der Waals surface area contributed by atoms with Crippen LogP contribution in [0, 0.1) is 0 Å². The molecule has 0 fully saturated rings. The van der Waals surface area contributed by atoms with Crippen LogP contribution >= 0.6 is 12.6 Å². The smallest absolute Gasteiger partial charge is 0.123 e. The molecule has 2 atom stereocenters. The van der Waals surface area contributed by atoms with Crippen LogP contribution < -0.4 is 10.1 Å². The molecule has 2 N–H and O–H groups in total. The van der Waals surface area contributed by atoms with Crippen LogP contribution in [0.5, 0.6) is 5.75 Å². The van der Waals surface area contributed by atoms with Gasteiger partial charge < -0.3 is 15.3 Å². The third-order valence-corrected chi connectivity index (χ3v) is 6.06. The minimum Gasteiger partial charge on any atom is -0.489 e. The minimum absolute atomic E-state index is 0.0756. The van der Waals surface area contributed by atoms with E-state index in [1.54, 1.807) is 0 Å². The number of hydrogen-bond donors (Lipinski definition) is 3. The molecule has 0 saturated carbocycles. The summed E-state index contributed by atoms with van der Waals surface area (Å²) in [5.41, 5.74) is 2.79. The summed E-state index contributed by atoms with van der Waals surface area (Å²) in [5.74, 6) is 0.942. The summed E-state index contributed by atoms with van der Waals surface area (Å²) >= 11 is 4.78. The van der Waals surface area contributed by atoms with E-state index in [2.05, 4.69) is 52.1 Å². The fraction of sp³-hybridized carbons (Fsp3) is 0.700. The van der Waals surface area contributed by atoms with Crippen molar-refractivity contribution in [3.8, 4) is 5.75 Å². The molecule has 140 valence electrons. The number of fused-ring (bicyclic) bond motifs is 2. The van der Waals surface area contributed by atoms with Gasteiger partial charge in [0.15, 0.2) is 0 Å². The van der Waals surface area contributed by atoms with Crippen molar-refractivity contribution in [2.75, 3.05) is 6.54 Å². The van der Waals surface area contributed by atoms with Gasteiger partial charge in [0.2, 0.25) is 0 Å². The average Bonchev–Trinajstić information content (AvgIpc) is 2.97. The molecule has 0 radical (unpaired) electrons. The molecule has 1 aromatic carbocycles. The van der Waals surface area contributed by atoms with E-state index in [0.29, 0.717) is 0 Å². The van der Waals surface area contributed by atoms with Crippen LogP contribution in [0.1, 0.15) is 65.2 Å². The first-order chi connectivity index (χ1) is 11.3. The first kappa shape index (κ1) is 19.0. The quantitative estimate of drug-likeness (QED) is 0.713. The summed E-state index contributed by atoms with van der Waals surface area (Å²) in [6, 6.07) is 4.35. The highest BCUT2D eigenvalue weighted by Crippen LogP contribution is 2.51. The number of hydroxylamine groups is 2. The molecule has 4 nitrogen and oxygen atoms in total. The highest BCUT2D eigenvalue weighted by Gasteiger charge is 2.50.